The molecule has 0 aromatic heterocycles. The highest BCUT2D eigenvalue weighted by atomic mass is 16.6. The fourth-order valence-electron chi connectivity index (χ4n) is 0.960. The average Bonchev–Trinajstić information content (AvgIpc) is 2.10. The summed E-state index contributed by atoms with van der Waals surface area (Å²) in [6.07, 6.45) is 0.364. The molecule has 0 radical (unpaired) electrons. The van der Waals surface area contributed by atoms with Gasteiger partial charge in [0.15, 0.2) is 6.10 Å². The Kier molecular flexibility index (Phi) is 5.92. The van der Waals surface area contributed by atoms with Crippen LogP contribution in [-0.2, 0) is 14.3 Å². The monoisotopic (exact) mass is 202 g/mol. The maximum Gasteiger partial charge on any atom is 0.345 e. The number of esters is 1. The summed E-state index contributed by atoms with van der Waals surface area (Å²) in [7, 11) is 0. The van der Waals surface area contributed by atoms with Crippen LogP contribution in [0.15, 0.2) is 0 Å². The van der Waals surface area contributed by atoms with E-state index in [1.807, 2.05) is 13.8 Å². The van der Waals surface area contributed by atoms with Gasteiger partial charge in [0.05, 0.1) is 0 Å². The van der Waals surface area contributed by atoms with Crippen molar-refractivity contribution in [3.63, 3.8) is 0 Å². The second-order valence-electron chi connectivity index (χ2n) is 3.64. The van der Waals surface area contributed by atoms with Crippen molar-refractivity contribution < 1.29 is 19.4 Å². The van der Waals surface area contributed by atoms with Gasteiger partial charge < -0.3 is 9.84 Å². The molecule has 0 aromatic rings. The summed E-state index contributed by atoms with van der Waals surface area (Å²) >= 11 is 0. The normalized spacial score (nSPS) is 12.6. The molecule has 1 atom stereocenters. The second-order valence-corrected chi connectivity index (χ2v) is 3.64. The van der Waals surface area contributed by atoms with Crippen molar-refractivity contribution in [2.45, 2.75) is 46.1 Å². The van der Waals surface area contributed by atoms with Gasteiger partial charge in [0.25, 0.3) is 0 Å². The van der Waals surface area contributed by atoms with Crippen molar-refractivity contribution >= 4 is 11.9 Å². The molecule has 0 heterocycles. The van der Waals surface area contributed by atoms with Crippen LogP contribution in [0.1, 0.15) is 40.0 Å². The molecule has 0 spiro atoms. The van der Waals surface area contributed by atoms with E-state index in [9.17, 15) is 9.59 Å². The largest absolute Gasteiger partial charge is 0.479 e. The lowest BCUT2D eigenvalue weighted by molar-refractivity contribution is -0.164. The highest BCUT2D eigenvalue weighted by molar-refractivity contribution is 5.77. The minimum absolute atomic E-state index is 0.214. The standard InChI is InChI=1S/C10H18O4/c1-4-9(11)14-8(10(12)13)6-5-7(2)3/h7-8H,4-6H2,1-3H3,(H,12,13). The van der Waals surface area contributed by atoms with Crippen molar-refractivity contribution in [2.75, 3.05) is 0 Å². The molecule has 0 saturated carbocycles. The van der Waals surface area contributed by atoms with Gasteiger partial charge in [-0.15, -0.1) is 0 Å². The molecule has 0 aromatic carbocycles. The lowest BCUT2D eigenvalue weighted by Gasteiger charge is -2.14. The molecule has 1 unspecified atom stereocenters. The molecule has 0 bridgehead atoms. The second kappa shape index (κ2) is 6.40. The van der Waals surface area contributed by atoms with Gasteiger partial charge >= 0.3 is 11.9 Å². The molecule has 0 aliphatic heterocycles. The number of hydrogen-bond donors (Lipinski definition) is 1. The first-order valence-corrected chi connectivity index (χ1v) is 4.89. The lowest BCUT2D eigenvalue weighted by Crippen LogP contribution is -2.27. The molecule has 0 aliphatic rings. The molecule has 4 heteroatoms. The molecule has 82 valence electrons. The molecule has 0 rings (SSSR count). The molecule has 1 N–H and O–H groups in total. The summed E-state index contributed by atoms with van der Waals surface area (Å²) in [6.45, 7) is 5.64. The fraction of sp³-hybridized carbons (Fsp3) is 0.800. The van der Waals surface area contributed by atoms with Gasteiger partial charge in [-0.25, -0.2) is 4.79 Å². The maximum absolute atomic E-state index is 10.9. The molecule has 0 amide bonds. The topological polar surface area (TPSA) is 63.6 Å². The number of carboxylic acids is 1. The molecule has 4 nitrogen and oxygen atoms in total. The van der Waals surface area contributed by atoms with Crippen LogP contribution in [0, 0.1) is 5.92 Å². The summed E-state index contributed by atoms with van der Waals surface area (Å²) in [4.78, 5) is 21.6. The number of carboxylic acid groups (broad SMARTS) is 1. The number of carbonyl (C=O) groups excluding carboxylic acids is 1. The van der Waals surface area contributed by atoms with Crippen LogP contribution in [0.3, 0.4) is 0 Å². The summed E-state index contributed by atoms with van der Waals surface area (Å²) in [6, 6.07) is 0. The first-order chi connectivity index (χ1) is 6.47. The summed E-state index contributed by atoms with van der Waals surface area (Å²) in [5.74, 6) is -1.11. The van der Waals surface area contributed by atoms with E-state index in [0.717, 1.165) is 6.42 Å². The zero-order valence-corrected chi connectivity index (χ0v) is 8.95. The Bertz CT molecular complexity index is 198. The lowest BCUT2D eigenvalue weighted by atomic mass is 10.1. The molecule has 0 fully saturated rings. The van der Waals surface area contributed by atoms with Gasteiger partial charge in [-0.1, -0.05) is 20.8 Å². The van der Waals surface area contributed by atoms with Crippen LogP contribution in [0.25, 0.3) is 0 Å². The van der Waals surface area contributed by atoms with E-state index < -0.39 is 18.0 Å². The van der Waals surface area contributed by atoms with Crippen LogP contribution in [-0.4, -0.2) is 23.1 Å². The minimum atomic E-state index is -1.06. The number of rotatable bonds is 6. The highest BCUT2D eigenvalue weighted by Crippen LogP contribution is 2.10. The number of carbonyl (C=O) groups is 2. The van der Waals surface area contributed by atoms with E-state index >= 15 is 0 Å². The highest BCUT2D eigenvalue weighted by Gasteiger charge is 2.21. The Morgan fingerprint density at radius 3 is 2.21 bits per heavy atom. The van der Waals surface area contributed by atoms with Gasteiger partial charge in [-0.05, 0) is 18.8 Å². The third-order valence-corrected chi connectivity index (χ3v) is 1.84. The van der Waals surface area contributed by atoms with Crippen LogP contribution in [0.5, 0.6) is 0 Å². The van der Waals surface area contributed by atoms with Gasteiger partial charge in [-0.3, -0.25) is 4.79 Å². The summed E-state index contributed by atoms with van der Waals surface area (Å²) in [5, 5.41) is 8.75. The van der Waals surface area contributed by atoms with Crippen LogP contribution in [0.2, 0.25) is 0 Å². The zero-order chi connectivity index (χ0) is 11.1. The quantitative estimate of drug-likeness (QED) is 0.667. The molecule has 14 heavy (non-hydrogen) atoms. The SMILES string of the molecule is CCC(=O)OC(CCC(C)C)C(=O)O. The van der Waals surface area contributed by atoms with Gasteiger partial charge in [-0.2, -0.15) is 0 Å². The van der Waals surface area contributed by atoms with Crippen LogP contribution < -0.4 is 0 Å². The molecule has 0 saturated heterocycles. The number of hydrogen-bond acceptors (Lipinski definition) is 3. The average molecular weight is 202 g/mol. The van der Waals surface area contributed by atoms with Crippen LogP contribution >= 0.6 is 0 Å². The summed E-state index contributed by atoms with van der Waals surface area (Å²) < 4.78 is 4.77. The third-order valence-electron chi connectivity index (χ3n) is 1.84. The fourth-order valence-corrected chi connectivity index (χ4v) is 0.960. The van der Waals surface area contributed by atoms with E-state index in [0.29, 0.717) is 12.3 Å². The van der Waals surface area contributed by atoms with Crippen molar-refractivity contribution in [3.8, 4) is 0 Å². The zero-order valence-electron chi connectivity index (χ0n) is 8.95. The van der Waals surface area contributed by atoms with Crippen molar-refractivity contribution in [3.05, 3.63) is 0 Å². The Morgan fingerprint density at radius 2 is 1.86 bits per heavy atom. The van der Waals surface area contributed by atoms with E-state index in [1.165, 1.54) is 0 Å². The van der Waals surface area contributed by atoms with E-state index in [1.54, 1.807) is 6.92 Å². The Balaban J connectivity index is 4.03. The van der Waals surface area contributed by atoms with Gasteiger partial charge in [0, 0.05) is 6.42 Å². The van der Waals surface area contributed by atoms with E-state index in [2.05, 4.69) is 0 Å². The number of aliphatic carboxylic acids is 1. The number of ether oxygens (including phenoxy) is 1. The van der Waals surface area contributed by atoms with Crippen molar-refractivity contribution in [1.82, 2.24) is 0 Å². The van der Waals surface area contributed by atoms with E-state index in [4.69, 9.17) is 9.84 Å². The van der Waals surface area contributed by atoms with Crippen molar-refractivity contribution in [1.29, 1.82) is 0 Å². The van der Waals surface area contributed by atoms with Gasteiger partial charge in [0.2, 0.25) is 0 Å². The van der Waals surface area contributed by atoms with Crippen molar-refractivity contribution in [2.24, 2.45) is 5.92 Å². The van der Waals surface area contributed by atoms with Gasteiger partial charge in [0.1, 0.15) is 0 Å². The molecule has 0 aliphatic carbocycles. The Morgan fingerprint density at radius 1 is 1.29 bits per heavy atom. The first-order valence-electron chi connectivity index (χ1n) is 4.89. The minimum Gasteiger partial charge on any atom is -0.479 e. The molecular weight excluding hydrogens is 184 g/mol. The Hall–Kier alpha value is -1.06. The predicted octanol–water partition coefficient (Wildman–Crippen LogP) is 1.83. The molecular formula is C10H18O4. The predicted molar refractivity (Wildman–Crippen MR) is 51.9 cm³/mol. The summed E-state index contributed by atoms with van der Waals surface area (Å²) in [5.41, 5.74) is 0. The first kappa shape index (κ1) is 12.9. The third kappa shape index (κ3) is 5.56. The smallest absolute Gasteiger partial charge is 0.345 e. The van der Waals surface area contributed by atoms with Crippen LogP contribution in [0.4, 0.5) is 0 Å². The van der Waals surface area contributed by atoms with E-state index in [-0.39, 0.29) is 6.42 Å². The Labute approximate surface area is 84.3 Å². The maximum atomic E-state index is 10.9.